The molecular weight excluding hydrogens is 308 g/mol. The van der Waals surface area contributed by atoms with Crippen LogP contribution in [0.1, 0.15) is 64.9 Å². The van der Waals surface area contributed by atoms with Crippen LogP contribution in [0.25, 0.3) is 0 Å². The lowest BCUT2D eigenvalue weighted by Crippen LogP contribution is -2.27. The van der Waals surface area contributed by atoms with Gasteiger partial charge in [0.2, 0.25) is 0 Å². The molecule has 0 aliphatic heterocycles. The van der Waals surface area contributed by atoms with Crippen molar-refractivity contribution in [1.29, 1.82) is 0 Å². The third-order valence-electron chi connectivity index (χ3n) is 4.12. The first-order valence-corrected chi connectivity index (χ1v) is 10.1. The number of rotatable bonds is 15. The van der Waals surface area contributed by atoms with Crippen LogP contribution in [0.3, 0.4) is 0 Å². The van der Waals surface area contributed by atoms with E-state index >= 15 is 0 Å². The van der Waals surface area contributed by atoms with Gasteiger partial charge in [-0.05, 0) is 62.8 Å². The van der Waals surface area contributed by atoms with E-state index in [9.17, 15) is 0 Å². The van der Waals surface area contributed by atoms with Crippen LogP contribution in [0.15, 0.2) is 30.3 Å². The van der Waals surface area contributed by atoms with Crippen LogP contribution < -0.4 is 10.6 Å². The molecule has 0 saturated heterocycles. The van der Waals surface area contributed by atoms with Gasteiger partial charge < -0.3 is 15.4 Å². The molecule has 0 aliphatic carbocycles. The standard InChI is InChI=1S/C22H40N2O/c1-22(2,3)20-24-17-10-5-4-9-15-23-16-11-12-18-25-19-21-13-7-6-8-14-21/h6-8,13-14,23-24H,4-5,9-12,15-20H2,1-3H3. The Labute approximate surface area is 155 Å². The average Bonchev–Trinajstić information content (AvgIpc) is 2.58. The summed E-state index contributed by atoms with van der Waals surface area (Å²) >= 11 is 0. The summed E-state index contributed by atoms with van der Waals surface area (Å²) in [5, 5.41) is 7.09. The highest BCUT2D eigenvalue weighted by Gasteiger charge is 2.07. The lowest BCUT2D eigenvalue weighted by atomic mass is 9.97. The molecule has 0 spiro atoms. The van der Waals surface area contributed by atoms with Crippen LogP contribution in [0.5, 0.6) is 0 Å². The molecule has 2 N–H and O–H groups in total. The maximum Gasteiger partial charge on any atom is 0.0716 e. The summed E-state index contributed by atoms with van der Waals surface area (Å²) in [7, 11) is 0. The Morgan fingerprint density at radius 2 is 1.36 bits per heavy atom. The van der Waals surface area contributed by atoms with Crippen LogP contribution in [0, 0.1) is 5.41 Å². The van der Waals surface area contributed by atoms with Gasteiger partial charge in [-0.25, -0.2) is 0 Å². The van der Waals surface area contributed by atoms with Crippen LogP contribution in [-0.2, 0) is 11.3 Å². The molecule has 0 atom stereocenters. The molecule has 0 aliphatic rings. The number of benzene rings is 1. The van der Waals surface area contributed by atoms with Crippen LogP contribution >= 0.6 is 0 Å². The van der Waals surface area contributed by atoms with Gasteiger partial charge in [-0.2, -0.15) is 0 Å². The minimum absolute atomic E-state index is 0.399. The van der Waals surface area contributed by atoms with E-state index in [1.54, 1.807) is 0 Å². The topological polar surface area (TPSA) is 33.3 Å². The Balaban J connectivity index is 1.73. The maximum absolute atomic E-state index is 5.70. The minimum atomic E-state index is 0.399. The first-order valence-electron chi connectivity index (χ1n) is 10.1. The smallest absolute Gasteiger partial charge is 0.0716 e. The van der Waals surface area contributed by atoms with Crippen molar-refractivity contribution in [3.8, 4) is 0 Å². The Bertz CT molecular complexity index is 400. The quantitative estimate of drug-likeness (QED) is 0.448. The Morgan fingerprint density at radius 3 is 2.00 bits per heavy atom. The molecule has 0 amide bonds. The monoisotopic (exact) mass is 348 g/mol. The van der Waals surface area contributed by atoms with Crippen molar-refractivity contribution in [3.05, 3.63) is 35.9 Å². The number of unbranched alkanes of at least 4 members (excludes halogenated alkanes) is 4. The second kappa shape index (κ2) is 14.3. The van der Waals surface area contributed by atoms with E-state index in [1.807, 2.05) is 6.07 Å². The predicted molar refractivity (Wildman–Crippen MR) is 109 cm³/mol. The minimum Gasteiger partial charge on any atom is -0.377 e. The largest absolute Gasteiger partial charge is 0.377 e. The SMILES string of the molecule is CC(C)(C)CNCCCCCCNCCCCOCc1ccccc1. The Morgan fingerprint density at radius 1 is 0.760 bits per heavy atom. The number of hydrogen-bond acceptors (Lipinski definition) is 3. The summed E-state index contributed by atoms with van der Waals surface area (Å²) in [6, 6.07) is 10.4. The second-order valence-electron chi connectivity index (χ2n) is 8.15. The molecule has 25 heavy (non-hydrogen) atoms. The molecular formula is C22H40N2O. The molecule has 0 fully saturated rings. The first-order chi connectivity index (χ1) is 12.1. The number of nitrogens with one attached hydrogen (secondary N) is 2. The van der Waals surface area contributed by atoms with Crippen molar-refractivity contribution in [2.45, 2.75) is 65.9 Å². The van der Waals surface area contributed by atoms with Crippen LogP contribution in [-0.4, -0.2) is 32.8 Å². The van der Waals surface area contributed by atoms with Crippen molar-refractivity contribution in [1.82, 2.24) is 10.6 Å². The van der Waals surface area contributed by atoms with Gasteiger partial charge in [0.15, 0.2) is 0 Å². The highest BCUT2D eigenvalue weighted by molar-refractivity contribution is 5.13. The second-order valence-corrected chi connectivity index (χ2v) is 8.15. The predicted octanol–water partition coefficient (Wildman–Crippen LogP) is 4.77. The molecule has 3 heteroatoms. The van der Waals surface area contributed by atoms with Crippen molar-refractivity contribution >= 4 is 0 Å². The molecule has 0 unspecified atom stereocenters. The third kappa shape index (κ3) is 15.1. The Kier molecular flexibility index (Phi) is 12.7. The zero-order valence-corrected chi connectivity index (χ0v) is 16.8. The Hall–Kier alpha value is -0.900. The van der Waals surface area contributed by atoms with E-state index in [-0.39, 0.29) is 0 Å². The zero-order valence-electron chi connectivity index (χ0n) is 16.8. The number of ether oxygens (including phenoxy) is 1. The summed E-state index contributed by atoms with van der Waals surface area (Å²) in [5.74, 6) is 0. The van der Waals surface area contributed by atoms with E-state index in [0.29, 0.717) is 5.41 Å². The van der Waals surface area contributed by atoms with E-state index in [4.69, 9.17) is 4.74 Å². The molecule has 0 bridgehead atoms. The molecule has 1 aromatic carbocycles. The fourth-order valence-corrected chi connectivity index (χ4v) is 2.66. The van der Waals surface area contributed by atoms with E-state index in [0.717, 1.165) is 45.8 Å². The highest BCUT2D eigenvalue weighted by Crippen LogP contribution is 2.10. The molecule has 0 heterocycles. The maximum atomic E-state index is 5.70. The molecule has 144 valence electrons. The van der Waals surface area contributed by atoms with Gasteiger partial charge >= 0.3 is 0 Å². The summed E-state index contributed by atoms with van der Waals surface area (Å²) in [6.45, 7) is 13.0. The summed E-state index contributed by atoms with van der Waals surface area (Å²) in [6.07, 6.45) is 7.61. The van der Waals surface area contributed by atoms with E-state index < -0.39 is 0 Å². The van der Waals surface area contributed by atoms with Gasteiger partial charge in [0, 0.05) is 6.61 Å². The third-order valence-corrected chi connectivity index (χ3v) is 4.12. The summed E-state index contributed by atoms with van der Waals surface area (Å²) in [4.78, 5) is 0. The molecule has 3 nitrogen and oxygen atoms in total. The van der Waals surface area contributed by atoms with Crippen LogP contribution in [0.4, 0.5) is 0 Å². The van der Waals surface area contributed by atoms with Gasteiger partial charge in [0.25, 0.3) is 0 Å². The van der Waals surface area contributed by atoms with Crippen molar-refractivity contribution in [3.63, 3.8) is 0 Å². The normalized spacial score (nSPS) is 11.8. The van der Waals surface area contributed by atoms with Gasteiger partial charge in [-0.1, -0.05) is 63.9 Å². The fraction of sp³-hybridized carbons (Fsp3) is 0.727. The molecule has 0 aromatic heterocycles. The summed E-state index contributed by atoms with van der Waals surface area (Å²) < 4.78 is 5.70. The van der Waals surface area contributed by atoms with Crippen molar-refractivity contribution < 1.29 is 4.74 Å². The van der Waals surface area contributed by atoms with Gasteiger partial charge in [-0.15, -0.1) is 0 Å². The van der Waals surface area contributed by atoms with E-state index in [1.165, 1.54) is 37.7 Å². The first kappa shape index (κ1) is 22.1. The van der Waals surface area contributed by atoms with Crippen molar-refractivity contribution in [2.24, 2.45) is 5.41 Å². The van der Waals surface area contributed by atoms with Crippen LogP contribution in [0.2, 0.25) is 0 Å². The zero-order chi connectivity index (χ0) is 18.2. The average molecular weight is 349 g/mol. The van der Waals surface area contributed by atoms with Gasteiger partial charge in [0.05, 0.1) is 6.61 Å². The van der Waals surface area contributed by atoms with Gasteiger partial charge in [0.1, 0.15) is 0 Å². The summed E-state index contributed by atoms with van der Waals surface area (Å²) in [5.41, 5.74) is 1.66. The number of hydrogen-bond donors (Lipinski definition) is 2. The molecule has 1 aromatic rings. The van der Waals surface area contributed by atoms with Crippen molar-refractivity contribution in [2.75, 3.05) is 32.8 Å². The molecule has 0 saturated carbocycles. The molecule has 0 radical (unpaired) electrons. The lowest BCUT2D eigenvalue weighted by Gasteiger charge is -2.18. The fourth-order valence-electron chi connectivity index (χ4n) is 2.66. The molecule has 1 rings (SSSR count). The van der Waals surface area contributed by atoms with E-state index in [2.05, 4.69) is 55.7 Å². The van der Waals surface area contributed by atoms with Gasteiger partial charge in [-0.3, -0.25) is 0 Å². The highest BCUT2D eigenvalue weighted by atomic mass is 16.5. The lowest BCUT2D eigenvalue weighted by molar-refractivity contribution is 0.117.